The van der Waals surface area contributed by atoms with E-state index in [0.29, 0.717) is 5.95 Å². The molecule has 30 heavy (non-hydrogen) atoms. The minimum atomic E-state index is 0.544. The Morgan fingerprint density at radius 2 is 2.00 bits per heavy atom. The first-order chi connectivity index (χ1) is 14.8. The molecule has 0 spiro atoms. The summed E-state index contributed by atoms with van der Waals surface area (Å²) in [5, 5.41) is 6.63. The second-order valence-electron chi connectivity index (χ2n) is 7.80. The summed E-state index contributed by atoms with van der Waals surface area (Å²) in [7, 11) is 0. The number of nitrogens with one attached hydrogen (secondary N) is 2. The molecule has 7 nitrogen and oxygen atoms in total. The summed E-state index contributed by atoms with van der Waals surface area (Å²) in [5.74, 6) is 3.26. The van der Waals surface area contributed by atoms with Gasteiger partial charge in [-0.05, 0) is 62.3 Å². The van der Waals surface area contributed by atoms with Crippen molar-refractivity contribution in [3.8, 4) is 17.2 Å². The Kier molecular flexibility index (Phi) is 5.63. The van der Waals surface area contributed by atoms with Gasteiger partial charge in [0.05, 0.1) is 0 Å². The lowest BCUT2D eigenvalue weighted by Crippen LogP contribution is -2.25. The molecule has 2 aliphatic heterocycles. The number of anilines is 2. The number of benzene rings is 1. The van der Waals surface area contributed by atoms with Gasteiger partial charge in [0, 0.05) is 43.5 Å². The first-order valence-corrected chi connectivity index (χ1v) is 10.7. The molecule has 1 saturated heterocycles. The van der Waals surface area contributed by atoms with E-state index in [1.807, 2.05) is 30.3 Å². The largest absolute Gasteiger partial charge is 0.492 e. The van der Waals surface area contributed by atoms with E-state index in [2.05, 4.69) is 31.6 Å². The number of furan rings is 1. The van der Waals surface area contributed by atoms with E-state index in [0.717, 1.165) is 61.3 Å². The van der Waals surface area contributed by atoms with Crippen molar-refractivity contribution in [3.05, 3.63) is 53.9 Å². The Labute approximate surface area is 176 Å². The van der Waals surface area contributed by atoms with Gasteiger partial charge in [-0.3, -0.25) is 4.90 Å². The Morgan fingerprint density at radius 3 is 2.83 bits per heavy atom. The fourth-order valence-corrected chi connectivity index (χ4v) is 4.00. The fourth-order valence-electron chi connectivity index (χ4n) is 4.00. The average molecular weight is 406 g/mol. The Morgan fingerprint density at radius 1 is 1.13 bits per heavy atom. The molecule has 5 rings (SSSR count). The lowest BCUT2D eigenvalue weighted by atomic mass is 10.1. The van der Waals surface area contributed by atoms with E-state index < -0.39 is 0 Å². The van der Waals surface area contributed by atoms with E-state index in [1.54, 1.807) is 6.20 Å². The third-order valence-electron chi connectivity index (χ3n) is 5.63. The van der Waals surface area contributed by atoms with Gasteiger partial charge < -0.3 is 19.8 Å². The van der Waals surface area contributed by atoms with Gasteiger partial charge in [0.2, 0.25) is 5.95 Å². The lowest BCUT2D eigenvalue weighted by molar-refractivity contribution is 0.238. The van der Waals surface area contributed by atoms with Crippen molar-refractivity contribution in [3.63, 3.8) is 0 Å². The Hall–Kier alpha value is -2.90. The van der Waals surface area contributed by atoms with Crippen molar-refractivity contribution >= 4 is 11.6 Å². The molecule has 1 aromatic carbocycles. The summed E-state index contributed by atoms with van der Waals surface area (Å²) < 4.78 is 11.9. The quantitative estimate of drug-likeness (QED) is 0.622. The maximum Gasteiger partial charge on any atom is 0.227 e. The standard InChI is InChI=1S/C23H27N5O2/c1-2-12-28(11-1)13-14-29-19-5-3-18(4-6-19)26-23-25-10-7-20(27-23)22-15-17-16-24-9-8-21(17)30-22/h3-7,10,15,24H,1-2,8-9,11-14,16H2,(H,25,26,27). The lowest BCUT2D eigenvalue weighted by Gasteiger charge is -2.15. The zero-order chi connectivity index (χ0) is 20.2. The third kappa shape index (κ3) is 4.47. The maximum atomic E-state index is 6.01. The van der Waals surface area contributed by atoms with Crippen LogP contribution in [0.2, 0.25) is 0 Å². The van der Waals surface area contributed by atoms with Crippen molar-refractivity contribution in [1.29, 1.82) is 0 Å². The average Bonchev–Trinajstić information content (AvgIpc) is 3.45. The van der Waals surface area contributed by atoms with Crippen LogP contribution in [0.3, 0.4) is 0 Å². The van der Waals surface area contributed by atoms with Gasteiger partial charge in [0.25, 0.3) is 0 Å². The minimum absolute atomic E-state index is 0.544. The van der Waals surface area contributed by atoms with E-state index in [4.69, 9.17) is 9.15 Å². The van der Waals surface area contributed by atoms with Crippen molar-refractivity contribution in [2.24, 2.45) is 0 Å². The van der Waals surface area contributed by atoms with Crippen LogP contribution in [0.15, 0.2) is 47.0 Å². The van der Waals surface area contributed by atoms with Crippen molar-refractivity contribution in [2.75, 3.05) is 38.1 Å². The van der Waals surface area contributed by atoms with Crippen LogP contribution < -0.4 is 15.4 Å². The topological polar surface area (TPSA) is 75.5 Å². The summed E-state index contributed by atoms with van der Waals surface area (Å²) in [5.41, 5.74) is 2.91. The first-order valence-electron chi connectivity index (χ1n) is 10.7. The zero-order valence-corrected chi connectivity index (χ0v) is 17.1. The van der Waals surface area contributed by atoms with Crippen LogP contribution in [0.1, 0.15) is 24.2 Å². The normalized spacial score (nSPS) is 16.4. The van der Waals surface area contributed by atoms with Gasteiger partial charge in [-0.2, -0.15) is 0 Å². The fraction of sp³-hybridized carbons (Fsp3) is 0.391. The molecule has 0 atom stereocenters. The molecular formula is C23H27N5O2. The molecule has 1 fully saturated rings. The van der Waals surface area contributed by atoms with E-state index in [-0.39, 0.29) is 0 Å². The number of nitrogens with zero attached hydrogens (tertiary/aromatic N) is 3. The van der Waals surface area contributed by atoms with Crippen LogP contribution in [0.25, 0.3) is 11.5 Å². The highest BCUT2D eigenvalue weighted by Gasteiger charge is 2.16. The second kappa shape index (κ2) is 8.85. The molecule has 0 aliphatic carbocycles. The van der Waals surface area contributed by atoms with Crippen LogP contribution in [-0.2, 0) is 13.0 Å². The second-order valence-corrected chi connectivity index (χ2v) is 7.80. The highest BCUT2D eigenvalue weighted by atomic mass is 16.5. The van der Waals surface area contributed by atoms with E-state index >= 15 is 0 Å². The summed E-state index contributed by atoms with van der Waals surface area (Å²) in [6.45, 7) is 5.91. The van der Waals surface area contributed by atoms with Gasteiger partial charge in [-0.1, -0.05) is 0 Å². The zero-order valence-electron chi connectivity index (χ0n) is 17.1. The molecule has 4 heterocycles. The van der Waals surface area contributed by atoms with Crippen LogP contribution in [0.5, 0.6) is 5.75 Å². The van der Waals surface area contributed by atoms with Gasteiger partial charge in [0.1, 0.15) is 23.8 Å². The van der Waals surface area contributed by atoms with Crippen molar-refractivity contribution < 1.29 is 9.15 Å². The minimum Gasteiger partial charge on any atom is -0.492 e. The van der Waals surface area contributed by atoms with E-state index in [9.17, 15) is 0 Å². The molecule has 0 radical (unpaired) electrons. The number of aromatic nitrogens is 2. The molecule has 156 valence electrons. The number of rotatable bonds is 7. The number of likely N-dealkylation sites (tertiary alicyclic amines) is 1. The summed E-state index contributed by atoms with van der Waals surface area (Å²) in [6, 6.07) is 11.9. The Bertz CT molecular complexity index is 956. The summed E-state index contributed by atoms with van der Waals surface area (Å²) in [6.07, 6.45) is 5.28. The molecule has 3 aromatic rings. The molecular weight excluding hydrogens is 378 g/mol. The monoisotopic (exact) mass is 405 g/mol. The molecule has 2 aromatic heterocycles. The van der Waals surface area contributed by atoms with Gasteiger partial charge >= 0.3 is 0 Å². The van der Waals surface area contributed by atoms with Gasteiger partial charge in [-0.15, -0.1) is 0 Å². The molecule has 0 amide bonds. The smallest absolute Gasteiger partial charge is 0.227 e. The maximum absolute atomic E-state index is 6.01. The van der Waals surface area contributed by atoms with Crippen LogP contribution in [0.4, 0.5) is 11.6 Å². The van der Waals surface area contributed by atoms with Crippen molar-refractivity contribution in [2.45, 2.75) is 25.8 Å². The van der Waals surface area contributed by atoms with E-state index in [1.165, 1.54) is 31.5 Å². The predicted octanol–water partition coefficient (Wildman–Crippen LogP) is 3.60. The SMILES string of the molecule is c1cc(-c2cc3c(o2)CCNC3)nc(Nc2ccc(OCCN3CCCC3)cc2)n1. The number of ether oxygens (including phenoxy) is 1. The molecule has 2 N–H and O–H groups in total. The predicted molar refractivity (Wildman–Crippen MR) is 116 cm³/mol. The number of hydrogen-bond acceptors (Lipinski definition) is 7. The third-order valence-corrected chi connectivity index (χ3v) is 5.63. The summed E-state index contributed by atoms with van der Waals surface area (Å²) >= 11 is 0. The highest BCUT2D eigenvalue weighted by Crippen LogP contribution is 2.27. The first kappa shape index (κ1) is 19.1. The summed E-state index contributed by atoms with van der Waals surface area (Å²) in [4.78, 5) is 11.4. The van der Waals surface area contributed by atoms with Gasteiger partial charge in [0.15, 0.2) is 5.76 Å². The molecule has 2 aliphatic rings. The molecule has 0 saturated carbocycles. The number of hydrogen-bond donors (Lipinski definition) is 2. The molecule has 0 unspecified atom stereocenters. The van der Waals surface area contributed by atoms with Crippen LogP contribution in [0, 0.1) is 0 Å². The van der Waals surface area contributed by atoms with Crippen LogP contribution in [-0.4, -0.2) is 47.7 Å². The van der Waals surface area contributed by atoms with Crippen molar-refractivity contribution in [1.82, 2.24) is 20.2 Å². The highest BCUT2D eigenvalue weighted by molar-refractivity contribution is 5.59. The molecule has 0 bridgehead atoms. The molecule has 7 heteroatoms. The Balaban J connectivity index is 1.20. The number of fused-ring (bicyclic) bond motifs is 1. The van der Waals surface area contributed by atoms with Crippen LogP contribution >= 0.6 is 0 Å². The van der Waals surface area contributed by atoms with Gasteiger partial charge in [-0.25, -0.2) is 9.97 Å².